The fourth-order valence-corrected chi connectivity index (χ4v) is 3.44. The molecule has 0 atom stereocenters. The van der Waals surface area contributed by atoms with Gasteiger partial charge in [-0.15, -0.1) is 0 Å². The van der Waals surface area contributed by atoms with E-state index in [4.69, 9.17) is 4.74 Å². The fraction of sp³-hybridized carbons (Fsp3) is 0.318. The molecule has 8 nitrogen and oxygen atoms in total. The Balaban J connectivity index is 1.97. The summed E-state index contributed by atoms with van der Waals surface area (Å²) in [6, 6.07) is 9.18. The van der Waals surface area contributed by atoms with Crippen LogP contribution in [-0.2, 0) is 11.8 Å². The van der Waals surface area contributed by atoms with Crippen LogP contribution in [0.25, 0.3) is 5.69 Å². The second-order valence-corrected chi connectivity index (χ2v) is 7.47. The van der Waals surface area contributed by atoms with Crippen molar-refractivity contribution in [1.82, 2.24) is 14.3 Å². The summed E-state index contributed by atoms with van der Waals surface area (Å²) in [6.07, 6.45) is -0.271. The molecule has 0 saturated carbocycles. The van der Waals surface area contributed by atoms with Gasteiger partial charge in [0.1, 0.15) is 11.4 Å². The maximum absolute atomic E-state index is 13.0. The van der Waals surface area contributed by atoms with E-state index in [2.05, 4.69) is 10.3 Å². The number of esters is 1. The predicted molar refractivity (Wildman–Crippen MR) is 115 cm³/mol. The molecule has 158 valence electrons. The molecule has 1 aromatic carbocycles. The molecule has 0 bridgehead atoms. The zero-order chi connectivity index (χ0) is 22.2. The highest BCUT2D eigenvalue weighted by Crippen LogP contribution is 2.21. The predicted octanol–water partition coefficient (Wildman–Crippen LogP) is 3.25. The Morgan fingerprint density at radius 2 is 1.73 bits per heavy atom. The molecule has 2 N–H and O–H groups in total. The van der Waals surface area contributed by atoms with Crippen molar-refractivity contribution in [1.29, 1.82) is 0 Å². The van der Waals surface area contributed by atoms with Gasteiger partial charge in [-0.3, -0.25) is 14.3 Å². The monoisotopic (exact) mass is 410 g/mol. The highest BCUT2D eigenvalue weighted by molar-refractivity contribution is 6.07. The van der Waals surface area contributed by atoms with E-state index in [9.17, 15) is 14.4 Å². The van der Waals surface area contributed by atoms with Gasteiger partial charge >= 0.3 is 5.97 Å². The molecule has 3 rings (SSSR count). The van der Waals surface area contributed by atoms with E-state index in [-0.39, 0.29) is 23.0 Å². The molecule has 0 radical (unpaired) electrons. The molecular formula is C22H26N4O4. The van der Waals surface area contributed by atoms with E-state index < -0.39 is 11.9 Å². The van der Waals surface area contributed by atoms with E-state index >= 15 is 0 Å². The van der Waals surface area contributed by atoms with Crippen molar-refractivity contribution >= 4 is 17.6 Å². The molecule has 0 fully saturated rings. The number of carbonyl (C=O) groups is 2. The van der Waals surface area contributed by atoms with Crippen LogP contribution in [0.2, 0.25) is 0 Å². The van der Waals surface area contributed by atoms with Crippen molar-refractivity contribution in [2.24, 2.45) is 7.05 Å². The number of aryl methyl sites for hydroxylation is 1. The Morgan fingerprint density at radius 1 is 1.10 bits per heavy atom. The summed E-state index contributed by atoms with van der Waals surface area (Å²) in [5, 5.41) is 2.71. The van der Waals surface area contributed by atoms with E-state index in [1.807, 2.05) is 30.3 Å². The number of hydrogen-bond acceptors (Lipinski definition) is 4. The second kappa shape index (κ2) is 8.06. The summed E-state index contributed by atoms with van der Waals surface area (Å²) in [7, 11) is 1.75. The number of rotatable bonds is 5. The van der Waals surface area contributed by atoms with Gasteiger partial charge in [-0.2, -0.15) is 0 Å². The minimum atomic E-state index is -0.495. The zero-order valence-electron chi connectivity index (χ0n) is 18.0. The van der Waals surface area contributed by atoms with Crippen LogP contribution in [-0.4, -0.2) is 32.3 Å². The quantitative estimate of drug-likeness (QED) is 0.631. The van der Waals surface area contributed by atoms with Crippen LogP contribution in [0.3, 0.4) is 0 Å². The van der Waals surface area contributed by atoms with Crippen LogP contribution < -0.4 is 10.9 Å². The normalized spacial score (nSPS) is 11.0. The van der Waals surface area contributed by atoms with Crippen LogP contribution in [0.1, 0.15) is 51.6 Å². The Morgan fingerprint density at radius 3 is 2.33 bits per heavy atom. The molecule has 0 saturated heterocycles. The first-order chi connectivity index (χ1) is 14.1. The average molecular weight is 410 g/mol. The Hall–Kier alpha value is -3.55. The lowest BCUT2D eigenvalue weighted by molar-refractivity contribution is 0.0376. The maximum atomic E-state index is 13.0. The number of aromatic nitrogens is 3. The summed E-state index contributed by atoms with van der Waals surface area (Å²) in [5.74, 6) is -0.983. The molecule has 0 aliphatic heterocycles. The SMILES string of the molecule is Cc1[nH]c(C(=O)Nc2c(C)n(C)n(-c3ccccc3)c2=O)c(C)c1C(=O)OC(C)C. The van der Waals surface area contributed by atoms with Gasteiger partial charge in [0.25, 0.3) is 11.5 Å². The van der Waals surface area contributed by atoms with E-state index in [0.717, 1.165) is 0 Å². The van der Waals surface area contributed by atoms with Crippen molar-refractivity contribution in [3.8, 4) is 5.69 Å². The van der Waals surface area contributed by atoms with E-state index in [1.54, 1.807) is 46.3 Å². The third-order valence-electron chi connectivity index (χ3n) is 5.00. The largest absolute Gasteiger partial charge is 0.459 e. The van der Waals surface area contributed by atoms with Gasteiger partial charge in [0, 0.05) is 12.7 Å². The Bertz CT molecular complexity index is 1170. The molecule has 2 heterocycles. The van der Waals surface area contributed by atoms with Crippen molar-refractivity contribution in [3.05, 3.63) is 68.9 Å². The summed E-state index contributed by atoms with van der Waals surface area (Å²) in [4.78, 5) is 41.3. The first kappa shape index (κ1) is 21.2. The lowest BCUT2D eigenvalue weighted by Gasteiger charge is -2.08. The van der Waals surface area contributed by atoms with Gasteiger partial charge < -0.3 is 15.0 Å². The smallest absolute Gasteiger partial charge is 0.340 e. The third-order valence-corrected chi connectivity index (χ3v) is 5.00. The van der Waals surface area contributed by atoms with Gasteiger partial charge in [-0.05, 0) is 52.3 Å². The molecule has 0 aliphatic rings. The van der Waals surface area contributed by atoms with Crippen LogP contribution >= 0.6 is 0 Å². The number of benzene rings is 1. The van der Waals surface area contributed by atoms with Crippen LogP contribution in [0.5, 0.6) is 0 Å². The highest BCUT2D eigenvalue weighted by Gasteiger charge is 2.25. The number of para-hydroxylation sites is 1. The van der Waals surface area contributed by atoms with Gasteiger partial charge in [0.15, 0.2) is 0 Å². The van der Waals surface area contributed by atoms with Gasteiger partial charge in [-0.1, -0.05) is 18.2 Å². The van der Waals surface area contributed by atoms with Crippen molar-refractivity contribution in [3.63, 3.8) is 0 Å². The van der Waals surface area contributed by atoms with Crippen LogP contribution in [0, 0.1) is 20.8 Å². The summed E-state index contributed by atoms with van der Waals surface area (Å²) in [6.45, 7) is 8.67. The van der Waals surface area contributed by atoms with Gasteiger partial charge in [0.2, 0.25) is 0 Å². The van der Waals surface area contributed by atoms with Crippen LogP contribution in [0.15, 0.2) is 35.1 Å². The standard InChI is InChI=1S/C22H26N4O4/c1-12(2)30-22(29)17-13(3)18(23-14(17)4)20(27)24-19-15(5)25(6)26(21(19)28)16-10-8-7-9-11-16/h7-12,23H,1-6H3,(H,24,27). The van der Waals surface area contributed by atoms with E-state index in [0.29, 0.717) is 28.2 Å². The second-order valence-electron chi connectivity index (χ2n) is 7.47. The number of H-pyrrole nitrogens is 1. The maximum Gasteiger partial charge on any atom is 0.340 e. The minimum Gasteiger partial charge on any atom is -0.459 e. The molecule has 0 spiro atoms. The Kier molecular flexibility index (Phi) is 5.69. The average Bonchev–Trinajstić information content (AvgIpc) is 3.09. The first-order valence-corrected chi connectivity index (χ1v) is 9.69. The molecule has 1 amide bonds. The number of aromatic amines is 1. The Labute approximate surface area is 174 Å². The topological polar surface area (TPSA) is 98.1 Å². The van der Waals surface area contributed by atoms with E-state index in [1.165, 1.54) is 4.68 Å². The number of carbonyl (C=O) groups excluding carboxylic acids is 2. The zero-order valence-corrected chi connectivity index (χ0v) is 18.0. The number of nitrogens with one attached hydrogen (secondary N) is 2. The highest BCUT2D eigenvalue weighted by atomic mass is 16.5. The summed E-state index contributed by atoms with van der Waals surface area (Å²) >= 11 is 0. The molecule has 8 heteroatoms. The van der Waals surface area contributed by atoms with Crippen LogP contribution in [0.4, 0.5) is 5.69 Å². The van der Waals surface area contributed by atoms with Gasteiger partial charge in [0.05, 0.1) is 23.0 Å². The molecule has 0 unspecified atom stereocenters. The molecule has 30 heavy (non-hydrogen) atoms. The first-order valence-electron chi connectivity index (χ1n) is 9.69. The number of nitrogens with zero attached hydrogens (tertiary/aromatic N) is 2. The minimum absolute atomic E-state index is 0.185. The number of amides is 1. The molecule has 0 aliphatic carbocycles. The van der Waals surface area contributed by atoms with Gasteiger partial charge in [-0.25, -0.2) is 9.48 Å². The fourth-order valence-electron chi connectivity index (χ4n) is 3.44. The molecule has 3 aromatic rings. The third kappa shape index (κ3) is 3.68. The van der Waals surface area contributed by atoms with Crippen molar-refractivity contribution in [2.75, 3.05) is 5.32 Å². The number of hydrogen-bond donors (Lipinski definition) is 2. The molecule has 2 aromatic heterocycles. The summed E-state index contributed by atoms with van der Waals surface area (Å²) in [5.41, 5.74) is 2.72. The molecular weight excluding hydrogens is 384 g/mol. The number of ether oxygens (including phenoxy) is 1. The lowest BCUT2D eigenvalue weighted by Crippen LogP contribution is -2.23. The summed E-state index contributed by atoms with van der Waals surface area (Å²) < 4.78 is 8.44. The van der Waals surface area contributed by atoms with Crippen molar-refractivity contribution in [2.45, 2.75) is 40.7 Å². The number of anilines is 1. The lowest BCUT2D eigenvalue weighted by atomic mass is 10.1. The van der Waals surface area contributed by atoms with Crippen molar-refractivity contribution < 1.29 is 14.3 Å².